The number of pyridine rings is 1. The molecule has 144 valence electrons. The Morgan fingerprint density at radius 2 is 1.79 bits per heavy atom. The van der Waals surface area contributed by atoms with E-state index in [1.54, 1.807) is 0 Å². The molecule has 0 spiro atoms. The van der Waals surface area contributed by atoms with Crippen molar-refractivity contribution in [3.63, 3.8) is 0 Å². The predicted octanol–water partition coefficient (Wildman–Crippen LogP) is 6.03. The minimum atomic E-state index is -0.188. The van der Waals surface area contributed by atoms with E-state index in [2.05, 4.69) is 47.7 Å². The summed E-state index contributed by atoms with van der Waals surface area (Å²) in [5, 5.41) is 6.05. The fraction of sp³-hybridized carbons (Fsp3) is 0.250. The second-order valence-corrected chi connectivity index (χ2v) is 7.12. The first-order valence-electron chi connectivity index (χ1n) is 9.72. The van der Waals surface area contributed by atoms with Crippen LogP contribution in [0.15, 0.2) is 66.9 Å². The molecule has 4 heteroatoms. The predicted molar refractivity (Wildman–Crippen MR) is 115 cm³/mol. The van der Waals surface area contributed by atoms with E-state index in [0.717, 1.165) is 40.9 Å². The minimum absolute atomic E-state index is 0.00367. The highest BCUT2D eigenvalue weighted by Gasteiger charge is 2.14. The van der Waals surface area contributed by atoms with Crippen molar-refractivity contribution in [2.75, 3.05) is 5.32 Å². The molecule has 1 atom stereocenters. The van der Waals surface area contributed by atoms with Gasteiger partial charge in [0.2, 0.25) is 0 Å². The molecule has 0 saturated carbocycles. The number of hydrogen-bond acceptors (Lipinski definition) is 2. The van der Waals surface area contributed by atoms with E-state index < -0.39 is 0 Å². The lowest BCUT2D eigenvalue weighted by Crippen LogP contribution is -2.32. The third kappa shape index (κ3) is 5.19. The van der Waals surface area contributed by atoms with E-state index in [-0.39, 0.29) is 12.1 Å². The normalized spacial score (nSPS) is 11.7. The van der Waals surface area contributed by atoms with E-state index in [1.807, 2.05) is 55.6 Å². The number of aromatic nitrogens is 1. The van der Waals surface area contributed by atoms with Gasteiger partial charge in [-0.2, -0.15) is 0 Å². The van der Waals surface area contributed by atoms with Gasteiger partial charge >= 0.3 is 6.03 Å². The molecule has 3 rings (SSSR count). The summed E-state index contributed by atoms with van der Waals surface area (Å²) in [4.78, 5) is 16.8. The minimum Gasteiger partial charge on any atom is -0.331 e. The van der Waals surface area contributed by atoms with Crippen molar-refractivity contribution in [1.29, 1.82) is 0 Å². The Hall–Kier alpha value is -3.14. The summed E-state index contributed by atoms with van der Waals surface area (Å²) < 4.78 is 0. The van der Waals surface area contributed by atoms with Crippen LogP contribution in [-0.4, -0.2) is 11.0 Å². The molecule has 2 N–H and O–H groups in total. The van der Waals surface area contributed by atoms with Crippen molar-refractivity contribution in [2.45, 2.75) is 39.7 Å². The number of amides is 2. The number of nitrogens with one attached hydrogen (secondary N) is 2. The third-order valence-electron chi connectivity index (χ3n) is 4.70. The van der Waals surface area contributed by atoms with Gasteiger partial charge in [0, 0.05) is 17.6 Å². The number of anilines is 1. The molecule has 0 aliphatic heterocycles. The Labute approximate surface area is 167 Å². The molecule has 1 unspecified atom stereocenters. The quantitative estimate of drug-likeness (QED) is 0.554. The maximum atomic E-state index is 12.5. The summed E-state index contributed by atoms with van der Waals surface area (Å²) in [6, 6.07) is 20.0. The highest BCUT2D eigenvalue weighted by atomic mass is 16.2. The van der Waals surface area contributed by atoms with Gasteiger partial charge in [-0.05, 0) is 61.2 Å². The highest BCUT2D eigenvalue weighted by molar-refractivity contribution is 5.89. The molecule has 2 amide bonds. The van der Waals surface area contributed by atoms with Crippen molar-refractivity contribution in [1.82, 2.24) is 10.3 Å². The first kappa shape index (κ1) is 19.6. The molecule has 2 aromatic carbocycles. The van der Waals surface area contributed by atoms with Crippen molar-refractivity contribution in [2.24, 2.45) is 0 Å². The average Bonchev–Trinajstić information content (AvgIpc) is 2.68. The van der Waals surface area contributed by atoms with Crippen molar-refractivity contribution >= 4 is 11.7 Å². The number of aryl methyl sites for hydroxylation is 2. The summed E-state index contributed by atoms with van der Waals surface area (Å²) >= 11 is 0. The standard InChI is InChI=1S/C24H27N3O/c1-4-6-23(21-8-5-7-17(2)15-21)27-24(28)26-22-11-9-19(10-12-22)20-13-14-25-18(3)16-20/h5,7-16,23H,4,6H2,1-3H3,(H2,26,27,28). The van der Waals surface area contributed by atoms with E-state index >= 15 is 0 Å². The van der Waals surface area contributed by atoms with Gasteiger partial charge in [0.25, 0.3) is 0 Å². The molecule has 1 aromatic heterocycles. The zero-order valence-corrected chi connectivity index (χ0v) is 16.7. The summed E-state index contributed by atoms with van der Waals surface area (Å²) in [7, 11) is 0. The van der Waals surface area contributed by atoms with Crippen LogP contribution < -0.4 is 10.6 Å². The van der Waals surface area contributed by atoms with Crippen LogP contribution in [0.3, 0.4) is 0 Å². The van der Waals surface area contributed by atoms with Gasteiger partial charge in [-0.25, -0.2) is 4.79 Å². The summed E-state index contributed by atoms with van der Waals surface area (Å²) in [6.45, 7) is 6.17. The van der Waals surface area contributed by atoms with Crippen molar-refractivity contribution in [3.05, 3.63) is 83.7 Å². The zero-order valence-electron chi connectivity index (χ0n) is 16.7. The van der Waals surface area contributed by atoms with Crippen LogP contribution in [0.2, 0.25) is 0 Å². The summed E-state index contributed by atoms with van der Waals surface area (Å²) in [6.07, 6.45) is 3.71. The second kappa shape index (κ2) is 9.18. The average molecular weight is 374 g/mol. The molecule has 0 fully saturated rings. The van der Waals surface area contributed by atoms with Crippen LogP contribution in [0.25, 0.3) is 11.1 Å². The van der Waals surface area contributed by atoms with Gasteiger partial charge in [0.15, 0.2) is 0 Å². The van der Waals surface area contributed by atoms with E-state index in [1.165, 1.54) is 5.56 Å². The van der Waals surface area contributed by atoms with Gasteiger partial charge in [-0.15, -0.1) is 0 Å². The number of benzene rings is 2. The Kier molecular flexibility index (Phi) is 6.43. The summed E-state index contributed by atoms with van der Waals surface area (Å²) in [5.41, 5.74) is 6.30. The first-order chi connectivity index (χ1) is 13.5. The molecular formula is C24H27N3O. The van der Waals surface area contributed by atoms with Crippen molar-refractivity contribution in [3.8, 4) is 11.1 Å². The van der Waals surface area contributed by atoms with E-state index in [9.17, 15) is 4.79 Å². The third-order valence-corrected chi connectivity index (χ3v) is 4.70. The Morgan fingerprint density at radius 3 is 2.46 bits per heavy atom. The SMILES string of the molecule is CCCC(NC(=O)Nc1ccc(-c2ccnc(C)c2)cc1)c1cccc(C)c1. The molecular weight excluding hydrogens is 346 g/mol. The fourth-order valence-corrected chi connectivity index (χ4v) is 3.29. The molecule has 1 heterocycles. The van der Waals surface area contributed by atoms with Gasteiger partial charge in [0.1, 0.15) is 0 Å². The number of carbonyl (C=O) groups excluding carboxylic acids is 1. The number of carbonyl (C=O) groups is 1. The van der Waals surface area contributed by atoms with Gasteiger partial charge < -0.3 is 10.6 Å². The molecule has 0 radical (unpaired) electrons. The Balaban J connectivity index is 1.66. The second-order valence-electron chi connectivity index (χ2n) is 7.12. The Morgan fingerprint density at radius 1 is 1.00 bits per heavy atom. The van der Waals surface area contributed by atoms with Crippen LogP contribution in [-0.2, 0) is 0 Å². The number of urea groups is 1. The molecule has 0 aliphatic rings. The maximum absolute atomic E-state index is 12.5. The Bertz CT molecular complexity index is 935. The van der Waals surface area contributed by atoms with Crippen LogP contribution in [0, 0.1) is 13.8 Å². The number of nitrogens with zero attached hydrogens (tertiary/aromatic N) is 1. The lowest BCUT2D eigenvalue weighted by atomic mass is 10.0. The van der Waals surface area contributed by atoms with E-state index in [4.69, 9.17) is 0 Å². The lowest BCUT2D eigenvalue weighted by Gasteiger charge is -2.19. The largest absolute Gasteiger partial charge is 0.331 e. The molecule has 4 nitrogen and oxygen atoms in total. The van der Waals surface area contributed by atoms with Gasteiger partial charge in [0.05, 0.1) is 6.04 Å². The first-order valence-corrected chi connectivity index (χ1v) is 9.72. The molecule has 0 saturated heterocycles. The molecule has 28 heavy (non-hydrogen) atoms. The number of rotatable bonds is 6. The monoisotopic (exact) mass is 373 g/mol. The smallest absolute Gasteiger partial charge is 0.319 e. The lowest BCUT2D eigenvalue weighted by molar-refractivity contribution is 0.248. The highest BCUT2D eigenvalue weighted by Crippen LogP contribution is 2.22. The van der Waals surface area contributed by atoms with Gasteiger partial charge in [-0.3, -0.25) is 4.98 Å². The number of hydrogen-bond donors (Lipinski definition) is 2. The van der Waals surface area contributed by atoms with Crippen LogP contribution in [0.1, 0.15) is 42.6 Å². The van der Waals surface area contributed by atoms with Crippen LogP contribution >= 0.6 is 0 Å². The van der Waals surface area contributed by atoms with Crippen LogP contribution in [0.5, 0.6) is 0 Å². The topological polar surface area (TPSA) is 54.0 Å². The summed E-state index contributed by atoms with van der Waals surface area (Å²) in [5.74, 6) is 0. The van der Waals surface area contributed by atoms with Crippen molar-refractivity contribution < 1.29 is 4.79 Å². The van der Waals surface area contributed by atoms with E-state index in [0.29, 0.717) is 0 Å². The zero-order chi connectivity index (χ0) is 19.9. The fourth-order valence-electron chi connectivity index (χ4n) is 3.29. The van der Waals surface area contributed by atoms with Gasteiger partial charge in [-0.1, -0.05) is 55.3 Å². The molecule has 3 aromatic rings. The maximum Gasteiger partial charge on any atom is 0.319 e. The molecule has 0 aliphatic carbocycles. The molecule has 0 bridgehead atoms. The van der Waals surface area contributed by atoms with Crippen LogP contribution in [0.4, 0.5) is 10.5 Å².